The van der Waals surface area contributed by atoms with Crippen LogP contribution in [0.25, 0.3) is 0 Å². The second kappa shape index (κ2) is 7.31. The van der Waals surface area contributed by atoms with Crippen molar-refractivity contribution in [2.45, 2.75) is 31.1 Å². The minimum absolute atomic E-state index is 0.0290. The van der Waals surface area contributed by atoms with Crippen molar-refractivity contribution in [3.05, 3.63) is 0 Å². The van der Waals surface area contributed by atoms with Gasteiger partial charge in [-0.25, -0.2) is 8.42 Å². The van der Waals surface area contributed by atoms with Crippen molar-refractivity contribution in [3.63, 3.8) is 0 Å². The van der Waals surface area contributed by atoms with Crippen LogP contribution in [-0.4, -0.2) is 58.9 Å². The van der Waals surface area contributed by atoms with Crippen LogP contribution in [0.15, 0.2) is 0 Å². The minimum atomic E-state index is -3.09. The standard InChI is InChI=1S/C11H23NO4S/c1-3-12-10-5-7-16-9-11(10)17(13,14)8-4-6-15-2/h10-12H,3-9H2,1-2H3. The number of nitrogens with one attached hydrogen (secondary N) is 1. The summed E-state index contributed by atoms with van der Waals surface area (Å²) in [6.45, 7) is 4.21. The summed E-state index contributed by atoms with van der Waals surface area (Å²) in [5.41, 5.74) is 0. The van der Waals surface area contributed by atoms with E-state index in [1.165, 1.54) is 0 Å². The zero-order valence-electron chi connectivity index (χ0n) is 10.6. The molecule has 1 N–H and O–H groups in total. The lowest BCUT2D eigenvalue weighted by atomic mass is 10.1. The Kier molecular flexibility index (Phi) is 6.40. The molecule has 0 amide bonds. The van der Waals surface area contributed by atoms with Gasteiger partial charge in [0, 0.05) is 26.4 Å². The van der Waals surface area contributed by atoms with E-state index < -0.39 is 15.1 Å². The van der Waals surface area contributed by atoms with E-state index in [1.54, 1.807) is 7.11 Å². The van der Waals surface area contributed by atoms with Crippen molar-refractivity contribution in [2.24, 2.45) is 0 Å². The molecule has 0 spiro atoms. The second-order valence-corrected chi connectivity index (χ2v) is 6.62. The van der Waals surface area contributed by atoms with Crippen LogP contribution in [0.1, 0.15) is 19.8 Å². The quantitative estimate of drug-likeness (QED) is 0.666. The largest absolute Gasteiger partial charge is 0.385 e. The van der Waals surface area contributed by atoms with Crippen molar-refractivity contribution >= 4 is 9.84 Å². The first-order valence-electron chi connectivity index (χ1n) is 6.13. The number of ether oxygens (including phenoxy) is 2. The molecule has 0 radical (unpaired) electrons. The van der Waals surface area contributed by atoms with Crippen LogP contribution in [-0.2, 0) is 19.3 Å². The van der Waals surface area contributed by atoms with Crippen LogP contribution in [0.2, 0.25) is 0 Å². The molecule has 0 aliphatic carbocycles. The second-order valence-electron chi connectivity index (χ2n) is 4.28. The molecule has 0 saturated carbocycles. The maximum absolute atomic E-state index is 12.2. The summed E-state index contributed by atoms with van der Waals surface area (Å²) < 4.78 is 34.5. The van der Waals surface area contributed by atoms with Crippen LogP contribution in [0, 0.1) is 0 Å². The van der Waals surface area contributed by atoms with Gasteiger partial charge in [-0.1, -0.05) is 6.92 Å². The monoisotopic (exact) mass is 265 g/mol. The lowest BCUT2D eigenvalue weighted by molar-refractivity contribution is 0.0811. The molecule has 1 aliphatic heterocycles. The van der Waals surface area contributed by atoms with E-state index in [0.717, 1.165) is 13.0 Å². The van der Waals surface area contributed by atoms with E-state index in [9.17, 15) is 8.42 Å². The molecule has 2 atom stereocenters. The lowest BCUT2D eigenvalue weighted by Crippen LogP contribution is -2.51. The molecule has 1 rings (SSSR count). The molecule has 102 valence electrons. The highest BCUT2D eigenvalue weighted by atomic mass is 32.2. The molecule has 0 aromatic rings. The van der Waals surface area contributed by atoms with Crippen LogP contribution in [0.4, 0.5) is 0 Å². The van der Waals surface area contributed by atoms with Crippen LogP contribution < -0.4 is 5.32 Å². The molecular weight excluding hydrogens is 242 g/mol. The van der Waals surface area contributed by atoms with Gasteiger partial charge in [0.25, 0.3) is 0 Å². The molecule has 0 aromatic heterocycles. The predicted molar refractivity (Wildman–Crippen MR) is 67.0 cm³/mol. The van der Waals surface area contributed by atoms with Crippen LogP contribution >= 0.6 is 0 Å². The lowest BCUT2D eigenvalue weighted by Gasteiger charge is -2.31. The summed E-state index contributed by atoms with van der Waals surface area (Å²) >= 11 is 0. The third kappa shape index (κ3) is 4.54. The van der Waals surface area contributed by atoms with Gasteiger partial charge in [-0.05, 0) is 19.4 Å². The topological polar surface area (TPSA) is 64.6 Å². The maximum Gasteiger partial charge on any atom is 0.157 e. The zero-order chi connectivity index (χ0) is 12.7. The summed E-state index contributed by atoms with van der Waals surface area (Å²) in [6.07, 6.45) is 1.32. The normalized spacial score (nSPS) is 26.0. The van der Waals surface area contributed by atoms with Gasteiger partial charge in [0.15, 0.2) is 9.84 Å². The molecule has 1 heterocycles. The van der Waals surface area contributed by atoms with Crippen molar-refractivity contribution in [1.82, 2.24) is 5.32 Å². The van der Waals surface area contributed by atoms with E-state index in [-0.39, 0.29) is 11.8 Å². The smallest absolute Gasteiger partial charge is 0.157 e. The Morgan fingerprint density at radius 1 is 1.47 bits per heavy atom. The van der Waals surface area contributed by atoms with Gasteiger partial charge in [-0.15, -0.1) is 0 Å². The third-order valence-corrected chi connectivity index (χ3v) is 5.25. The van der Waals surface area contributed by atoms with Gasteiger partial charge < -0.3 is 14.8 Å². The highest BCUT2D eigenvalue weighted by Gasteiger charge is 2.35. The highest BCUT2D eigenvalue weighted by Crippen LogP contribution is 2.17. The fourth-order valence-electron chi connectivity index (χ4n) is 2.12. The van der Waals surface area contributed by atoms with Gasteiger partial charge in [-0.3, -0.25) is 0 Å². The minimum Gasteiger partial charge on any atom is -0.385 e. The maximum atomic E-state index is 12.2. The molecule has 1 saturated heterocycles. The fraction of sp³-hybridized carbons (Fsp3) is 1.00. The summed E-state index contributed by atoms with van der Waals surface area (Å²) in [6, 6.07) is 0.0290. The van der Waals surface area contributed by atoms with E-state index in [0.29, 0.717) is 26.2 Å². The highest BCUT2D eigenvalue weighted by molar-refractivity contribution is 7.92. The number of hydrogen-bond donors (Lipinski definition) is 1. The Labute approximate surface area is 104 Å². The number of sulfone groups is 1. The Balaban J connectivity index is 2.59. The average Bonchev–Trinajstić information content (AvgIpc) is 2.30. The van der Waals surface area contributed by atoms with Crippen molar-refractivity contribution < 1.29 is 17.9 Å². The average molecular weight is 265 g/mol. The Hall–Kier alpha value is -0.170. The first-order valence-corrected chi connectivity index (χ1v) is 7.85. The molecular formula is C11H23NO4S. The number of methoxy groups -OCH3 is 1. The Morgan fingerprint density at radius 3 is 2.88 bits per heavy atom. The Bertz CT molecular complexity index is 303. The van der Waals surface area contributed by atoms with E-state index >= 15 is 0 Å². The molecule has 1 fully saturated rings. The van der Waals surface area contributed by atoms with Crippen LogP contribution in [0.5, 0.6) is 0 Å². The summed E-state index contributed by atoms with van der Waals surface area (Å²) in [4.78, 5) is 0. The predicted octanol–water partition coefficient (Wildman–Crippen LogP) is 0.205. The van der Waals surface area contributed by atoms with E-state index in [2.05, 4.69) is 5.32 Å². The van der Waals surface area contributed by atoms with Gasteiger partial charge in [0.2, 0.25) is 0 Å². The molecule has 5 nitrogen and oxygen atoms in total. The molecule has 2 unspecified atom stereocenters. The van der Waals surface area contributed by atoms with Gasteiger partial charge in [0.1, 0.15) is 0 Å². The number of rotatable bonds is 7. The fourth-order valence-corrected chi connectivity index (χ4v) is 3.98. The third-order valence-electron chi connectivity index (χ3n) is 3.01. The van der Waals surface area contributed by atoms with E-state index in [1.807, 2.05) is 6.92 Å². The summed E-state index contributed by atoms with van der Waals surface area (Å²) in [7, 11) is -1.51. The molecule has 0 aromatic carbocycles. The molecule has 17 heavy (non-hydrogen) atoms. The molecule has 0 bridgehead atoms. The summed E-state index contributed by atoms with van der Waals surface area (Å²) in [5.74, 6) is 0.177. The van der Waals surface area contributed by atoms with Crippen LogP contribution in [0.3, 0.4) is 0 Å². The zero-order valence-corrected chi connectivity index (χ0v) is 11.5. The Morgan fingerprint density at radius 2 is 2.24 bits per heavy atom. The molecule has 1 aliphatic rings. The van der Waals surface area contributed by atoms with Crippen molar-refractivity contribution in [3.8, 4) is 0 Å². The summed E-state index contributed by atoms with van der Waals surface area (Å²) in [5, 5.41) is 2.83. The van der Waals surface area contributed by atoms with Gasteiger partial charge >= 0.3 is 0 Å². The molecule has 6 heteroatoms. The van der Waals surface area contributed by atoms with Gasteiger partial charge in [-0.2, -0.15) is 0 Å². The van der Waals surface area contributed by atoms with Crippen molar-refractivity contribution in [1.29, 1.82) is 0 Å². The van der Waals surface area contributed by atoms with E-state index in [4.69, 9.17) is 9.47 Å². The van der Waals surface area contributed by atoms with Gasteiger partial charge in [0.05, 0.1) is 17.6 Å². The first-order chi connectivity index (χ1) is 8.11. The SMILES string of the molecule is CCNC1CCOCC1S(=O)(=O)CCCOC. The number of hydrogen-bond acceptors (Lipinski definition) is 5. The van der Waals surface area contributed by atoms with Crippen molar-refractivity contribution in [2.75, 3.05) is 39.2 Å². The first kappa shape index (κ1) is 14.9.